The number of nitrogens with zero attached hydrogens (tertiary/aromatic N) is 5. The molecule has 5 aliphatic rings. The molecule has 3 aliphatic carbocycles. The molecule has 6 rings (SSSR count). The number of piperazine rings is 1. The van der Waals surface area contributed by atoms with Crippen LogP contribution < -0.4 is 4.90 Å². The largest absolute Gasteiger partial charge is 0.338 e. The summed E-state index contributed by atoms with van der Waals surface area (Å²) >= 11 is 1.86. The molecule has 1 amide bonds. The van der Waals surface area contributed by atoms with Crippen LogP contribution in [0.4, 0.5) is 5.95 Å². The summed E-state index contributed by atoms with van der Waals surface area (Å²) in [5.74, 6) is 2.18. The molecule has 1 aromatic rings. The van der Waals surface area contributed by atoms with Crippen LogP contribution in [-0.2, 0) is 4.79 Å². The maximum Gasteiger partial charge on any atom is 0.240 e. The van der Waals surface area contributed by atoms with Gasteiger partial charge in [0, 0.05) is 50.4 Å². The number of allylic oxidation sites excluding steroid dienone is 1. The summed E-state index contributed by atoms with van der Waals surface area (Å²) in [7, 11) is 0. The molecule has 2 aliphatic heterocycles. The van der Waals surface area contributed by atoms with E-state index in [2.05, 4.69) is 30.1 Å². The van der Waals surface area contributed by atoms with Gasteiger partial charge in [0.1, 0.15) is 0 Å². The Morgan fingerprint density at radius 2 is 1.86 bits per heavy atom. The predicted molar refractivity (Wildman–Crippen MR) is 112 cm³/mol. The van der Waals surface area contributed by atoms with Gasteiger partial charge in [-0.3, -0.25) is 14.0 Å². The van der Waals surface area contributed by atoms with Gasteiger partial charge in [-0.2, -0.15) is 0 Å². The minimum absolute atomic E-state index is 0.214. The number of unbranched alkanes of at least 4 members (excludes halogenated alkanes) is 1. The van der Waals surface area contributed by atoms with Gasteiger partial charge >= 0.3 is 0 Å². The maximum atomic E-state index is 12.8. The van der Waals surface area contributed by atoms with Gasteiger partial charge in [-0.25, -0.2) is 9.97 Å². The third-order valence-electron chi connectivity index (χ3n) is 6.73. The zero-order valence-corrected chi connectivity index (χ0v) is 17.2. The van der Waals surface area contributed by atoms with Gasteiger partial charge in [0.15, 0.2) is 0 Å². The Labute approximate surface area is 171 Å². The van der Waals surface area contributed by atoms with Crippen LogP contribution in [0.2, 0.25) is 0 Å². The molecule has 6 nitrogen and oxygen atoms in total. The number of hydrogen-bond acceptors (Lipinski definition) is 6. The first-order valence-electron chi connectivity index (χ1n) is 10.7. The number of hydrogen-bond donors (Lipinski definition) is 0. The number of aromatic nitrogens is 2. The molecule has 7 heteroatoms. The summed E-state index contributed by atoms with van der Waals surface area (Å²) in [5.41, 5.74) is 1.44. The first-order chi connectivity index (χ1) is 13.8. The topological polar surface area (TPSA) is 52.6 Å². The monoisotopic (exact) mass is 399 g/mol. The minimum Gasteiger partial charge on any atom is -0.338 e. The Hall–Kier alpha value is -1.60. The van der Waals surface area contributed by atoms with E-state index in [0.717, 1.165) is 70.4 Å². The van der Waals surface area contributed by atoms with Crippen molar-refractivity contribution in [3.8, 4) is 0 Å². The van der Waals surface area contributed by atoms with Crippen LogP contribution in [0.3, 0.4) is 0 Å². The van der Waals surface area contributed by atoms with E-state index < -0.39 is 0 Å². The third kappa shape index (κ3) is 3.54. The quantitative estimate of drug-likeness (QED) is 0.416. The fourth-order valence-electron chi connectivity index (χ4n) is 5.12. The van der Waals surface area contributed by atoms with Crippen LogP contribution >= 0.6 is 11.9 Å². The predicted octanol–water partition coefficient (Wildman–Crippen LogP) is 2.59. The number of carbonyl (C=O) groups is 1. The summed E-state index contributed by atoms with van der Waals surface area (Å²) < 4.78 is 2.09. The van der Waals surface area contributed by atoms with Gasteiger partial charge in [0.05, 0.1) is 5.92 Å². The van der Waals surface area contributed by atoms with E-state index in [4.69, 9.17) is 0 Å². The van der Waals surface area contributed by atoms with Gasteiger partial charge in [0.2, 0.25) is 11.9 Å². The molecule has 3 atom stereocenters. The summed E-state index contributed by atoms with van der Waals surface area (Å²) in [5, 5.41) is 0.537. The highest BCUT2D eigenvalue weighted by Gasteiger charge is 2.50. The Morgan fingerprint density at radius 3 is 2.57 bits per heavy atom. The number of anilines is 1. The Balaban J connectivity index is 1.03. The van der Waals surface area contributed by atoms with Crippen LogP contribution in [0, 0.1) is 11.8 Å². The lowest BCUT2D eigenvalue weighted by atomic mass is 9.70. The second-order valence-corrected chi connectivity index (χ2v) is 9.58. The van der Waals surface area contributed by atoms with Gasteiger partial charge in [-0.05, 0) is 62.6 Å². The lowest BCUT2D eigenvalue weighted by Crippen LogP contribution is -2.47. The molecule has 1 saturated carbocycles. The van der Waals surface area contributed by atoms with E-state index in [1.54, 1.807) is 0 Å². The van der Waals surface area contributed by atoms with E-state index in [0.29, 0.717) is 11.2 Å². The fraction of sp³-hybridized carbons (Fsp3) is 0.667. The average molecular weight is 400 g/mol. The number of amides is 1. The van der Waals surface area contributed by atoms with Crippen molar-refractivity contribution in [2.24, 2.45) is 11.8 Å². The molecular weight excluding hydrogens is 370 g/mol. The molecule has 150 valence electrons. The van der Waals surface area contributed by atoms with Crippen LogP contribution in [0.5, 0.6) is 0 Å². The number of carbonyl (C=O) groups excluding carboxylic acids is 1. The first-order valence-corrected chi connectivity index (χ1v) is 11.5. The summed E-state index contributed by atoms with van der Waals surface area (Å²) in [4.78, 5) is 26.3. The van der Waals surface area contributed by atoms with Crippen molar-refractivity contribution in [3.05, 3.63) is 30.1 Å². The summed E-state index contributed by atoms with van der Waals surface area (Å²) in [6.07, 6.45) is 11.9. The molecule has 1 aromatic heterocycles. The molecule has 0 N–H and O–H groups in total. The summed E-state index contributed by atoms with van der Waals surface area (Å²) in [6.45, 7) is 6.14. The fourth-order valence-corrected chi connectivity index (χ4v) is 6.70. The number of fused-ring (bicyclic) bond motifs is 2. The third-order valence-corrected chi connectivity index (χ3v) is 8.25. The Morgan fingerprint density at radius 1 is 1.07 bits per heavy atom. The van der Waals surface area contributed by atoms with Gasteiger partial charge in [0.25, 0.3) is 0 Å². The molecule has 3 fully saturated rings. The molecule has 2 saturated heterocycles. The lowest BCUT2D eigenvalue weighted by Gasteiger charge is -2.37. The minimum atomic E-state index is 0.214. The molecule has 28 heavy (non-hydrogen) atoms. The Bertz CT molecular complexity index is 734. The Kier molecular flexibility index (Phi) is 5.28. The zero-order chi connectivity index (χ0) is 18.9. The molecule has 0 aromatic carbocycles. The van der Waals surface area contributed by atoms with E-state index in [1.807, 2.05) is 30.4 Å². The number of rotatable bonds is 6. The van der Waals surface area contributed by atoms with E-state index >= 15 is 0 Å². The SMILES string of the molecule is O=C1C2C3=CCC(CC3)C2SN1CCCCN1CCN(c2ncccn2)CC1. The van der Waals surface area contributed by atoms with E-state index in [9.17, 15) is 4.79 Å². The van der Waals surface area contributed by atoms with E-state index in [-0.39, 0.29) is 5.92 Å². The molecule has 3 heterocycles. The first kappa shape index (κ1) is 18.4. The standard InChI is InChI=1S/C21H29N5OS/c27-20-18-16-4-6-17(7-5-16)19(18)28-26(20)11-2-1-10-24-12-14-25(15-13-24)21-22-8-3-9-23-21/h3-4,8-9,17-19H,1-2,5-7,10-15H2. The highest BCUT2D eigenvalue weighted by molar-refractivity contribution is 7.98. The molecule has 0 spiro atoms. The van der Waals surface area contributed by atoms with Crippen molar-refractivity contribution in [2.75, 3.05) is 44.2 Å². The van der Waals surface area contributed by atoms with E-state index in [1.165, 1.54) is 18.4 Å². The molecular formula is C21H29N5OS. The summed E-state index contributed by atoms with van der Waals surface area (Å²) in [6, 6.07) is 1.86. The van der Waals surface area contributed by atoms with Crippen LogP contribution in [0.25, 0.3) is 0 Å². The second kappa shape index (κ2) is 8.03. The van der Waals surface area contributed by atoms with Crippen molar-refractivity contribution in [1.29, 1.82) is 0 Å². The van der Waals surface area contributed by atoms with Crippen LogP contribution in [0.15, 0.2) is 30.1 Å². The van der Waals surface area contributed by atoms with Crippen molar-refractivity contribution in [2.45, 2.75) is 37.4 Å². The highest BCUT2D eigenvalue weighted by atomic mass is 32.2. The molecule has 0 radical (unpaired) electrons. The lowest BCUT2D eigenvalue weighted by molar-refractivity contribution is -0.128. The normalized spacial score (nSPS) is 29.9. The van der Waals surface area contributed by atoms with Crippen molar-refractivity contribution >= 4 is 23.8 Å². The van der Waals surface area contributed by atoms with Crippen molar-refractivity contribution in [3.63, 3.8) is 0 Å². The average Bonchev–Trinajstić information content (AvgIpc) is 3.12. The van der Waals surface area contributed by atoms with Crippen molar-refractivity contribution < 1.29 is 4.79 Å². The van der Waals surface area contributed by atoms with Crippen LogP contribution in [0.1, 0.15) is 32.1 Å². The van der Waals surface area contributed by atoms with Crippen LogP contribution in [-0.4, -0.2) is 69.6 Å². The molecule has 2 bridgehead atoms. The maximum absolute atomic E-state index is 12.8. The zero-order valence-electron chi connectivity index (χ0n) is 16.4. The van der Waals surface area contributed by atoms with Crippen molar-refractivity contribution in [1.82, 2.24) is 19.2 Å². The van der Waals surface area contributed by atoms with Gasteiger partial charge < -0.3 is 4.90 Å². The smallest absolute Gasteiger partial charge is 0.240 e. The molecule has 3 unspecified atom stereocenters. The van der Waals surface area contributed by atoms with Gasteiger partial charge in [-0.15, -0.1) is 0 Å². The highest BCUT2D eigenvalue weighted by Crippen LogP contribution is 2.52. The second-order valence-electron chi connectivity index (χ2n) is 8.39. The van der Waals surface area contributed by atoms with Gasteiger partial charge in [-0.1, -0.05) is 11.6 Å².